The van der Waals surface area contributed by atoms with Gasteiger partial charge in [0.05, 0.1) is 10.6 Å². The van der Waals surface area contributed by atoms with Crippen LogP contribution in [0.5, 0.6) is 0 Å². The van der Waals surface area contributed by atoms with Gasteiger partial charge in [0.15, 0.2) is 5.11 Å². The first-order chi connectivity index (χ1) is 12.5. The summed E-state index contributed by atoms with van der Waals surface area (Å²) in [7, 11) is 0. The van der Waals surface area contributed by atoms with Gasteiger partial charge in [-0.05, 0) is 42.0 Å². The van der Waals surface area contributed by atoms with Gasteiger partial charge in [0, 0.05) is 32.7 Å². The smallest absolute Gasteiger partial charge is 0.258 e. The minimum Gasteiger partial charge on any atom is -0.346 e. The monoisotopic (exact) mass is 391 g/mol. The molecular weight excluding hydrogens is 373 g/mol. The van der Waals surface area contributed by atoms with E-state index in [-0.39, 0.29) is 11.7 Å². The quantitative estimate of drug-likeness (QED) is 0.814. The van der Waals surface area contributed by atoms with Crippen molar-refractivity contribution in [1.82, 2.24) is 15.1 Å². The third-order valence-corrected chi connectivity index (χ3v) is 5.01. The molecule has 0 radical (unpaired) electrons. The van der Waals surface area contributed by atoms with Crippen molar-refractivity contribution in [3.8, 4) is 0 Å². The van der Waals surface area contributed by atoms with Gasteiger partial charge in [0.1, 0.15) is 5.82 Å². The van der Waals surface area contributed by atoms with Crippen LogP contribution in [0.3, 0.4) is 0 Å². The van der Waals surface area contributed by atoms with Crippen molar-refractivity contribution in [3.63, 3.8) is 0 Å². The molecule has 0 unspecified atom stereocenters. The zero-order valence-corrected chi connectivity index (χ0v) is 15.7. The standard InChI is InChI=1S/C19H19ClFN3OS/c20-17-4-2-1-3-16(17)18(25)22-19(26)24-11-9-23(10-12-24)13-14-5-7-15(21)8-6-14/h1-8H,9-13H2,(H,22,25,26). The number of carbonyl (C=O) groups excluding carboxylic acids is 1. The first-order valence-corrected chi connectivity index (χ1v) is 9.13. The molecule has 1 N–H and O–H groups in total. The molecule has 0 bridgehead atoms. The highest BCUT2D eigenvalue weighted by atomic mass is 35.5. The number of halogens is 2. The summed E-state index contributed by atoms with van der Waals surface area (Å²) in [4.78, 5) is 16.6. The highest BCUT2D eigenvalue weighted by molar-refractivity contribution is 7.80. The van der Waals surface area contributed by atoms with E-state index in [1.165, 1.54) is 12.1 Å². The molecule has 1 saturated heterocycles. The van der Waals surface area contributed by atoms with Crippen LogP contribution in [0.25, 0.3) is 0 Å². The summed E-state index contributed by atoms with van der Waals surface area (Å²) < 4.78 is 13.0. The van der Waals surface area contributed by atoms with Crippen LogP contribution in [0.1, 0.15) is 15.9 Å². The highest BCUT2D eigenvalue weighted by Gasteiger charge is 2.21. The average molecular weight is 392 g/mol. The fourth-order valence-corrected chi connectivity index (χ4v) is 3.34. The first kappa shape index (κ1) is 18.8. The van der Waals surface area contributed by atoms with Crippen molar-refractivity contribution < 1.29 is 9.18 Å². The molecular formula is C19H19ClFN3OS. The summed E-state index contributed by atoms with van der Waals surface area (Å²) in [5.74, 6) is -0.521. The lowest BCUT2D eigenvalue weighted by Gasteiger charge is -2.36. The highest BCUT2D eigenvalue weighted by Crippen LogP contribution is 2.15. The maximum absolute atomic E-state index is 13.0. The van der Waals surface area contributed by atoms with Crippen molar-refractivity contribution >= 4 is 34.8 Å². The maximum Gasteiger partial charge on any atom is 0.258 e. The van der Waals surface area contributed by atoms with Crippen molar-refractivity contribution in [1.29, 1.82) is 0 Å². The van der Waals surface area contributed by atoms with Gasteiger partial charge in [-0.25, -0.2) is 4.39 Å². The fourth-order valence-electron chi connectivity index (χ4n) is 2.85. The van der Waals surface area contributed by atoms with Gasteiger partial charge in [-0.15, -0.1) is 0 Å². The molecule has 26 heavy (non-hydrogen) atoms. The normalized spacial score (nSPS) is 14.9. The molecule has 1 aliphatic heterocycles. The minimum absolute atomic E-state index is 0.224. The lowest BCUT2D eigenvalue weighted by Crippen LogP contribution is -2.52. The Morgan fingerprint density at radius 1 is 1.08 bits per heavy atom. The molecule has 0 atom stereocenters. The molecule has 7 heteroatoms. The molecule has 2 aromatic carbocycles. The lowest BCUT2D eigenvalue weighted by atomic mass is 10.2. The molecule has 136 valence electrons. The molecule has 0 aliphatic carbocycles. The number of amides is 1. The van der Waals surface area contributed by atoms with Crippen molar-refractivity contribution in [3.05, 3.63) is 70.5 Å². The van der Waals surface area contributed by atoms with Gasteiger partial charge in [-0.1, -0.05) is 35.9 Å². The summed E-state index contributed by atoms with van der Waals surface area (Å²) >= 11 is 11.4. The minimum atomic E-state index is -0.297. The SMILES string of the molecule is O=C(NC(=S)N1CCN(Cc2ccc(F)cc2)CC1)c1ccccc1Cl. The number of piperazine rings is 1. The Balaban J connectivity index is 1.49. The second kappa shape index (κ2) is 8.58. The second-order valence-electron chi connectivity index (χ2n) is 6.13. The topological polar surface area (TPSA) is 35.6 Å². The zero-order chi connectivity index (χ0) is 18.5. The Bertz CT molecular complexity index is 792. The number of rotatable bonds is 3. The van der Waals surface area contributed by atoms with E-state index in [9.17, 15) is 9.18 Å². The number of hydrogen-bond donors (Lipinski definition) is 1. The van der Waals surface area contributed by atoms with E-state index in [0.717, 1.165) is 38.3 Å². The van der Waals surface area contributed by atoms with E-state index in [1.807, 2.05) is 4.90 Å². The van der Waals surface area contributed by atoms with Crippen LogP contribution in [0.2, 0.25) is 5.02 Å². The number of hydrogen-bond acceptors (Lipinski definition) is 3. The van der Waals surface area contributed by atoms with E-state index in [2.05, 4.69) is 10.2 Å². The average Bonchev–Trinajstić information content (AvgIpc) is 2.64. The maximum atomic E-state index is 13.0. The van der Waals surface area contributed by atoms with Crippen LogP contribution in [-0.4, -0.2) is 47.0 Å². The van der Waals surface area contributed by atoms with E-state index in [1.54, 1.807) is 36.4 Å². The second-order valence-corrected chi connectivity index (χ2v) is 6.92. The molecule has 3 rings (SSSR count). The first-order valence-electron chi connectivity index (χ1n) is 8.34. The summed E-state index contributed by atoms with van der Waals surface area (Å²) in [6.07, 6.45) is 0. The van der Waals surface area contributed by atoms with Gasteiger partial charge in [0.2, 0.25) is 0 Å². The van der Waals surface area contributed by atoms with Crippen LogP contribution < -0.4 is 5.32 Å². The predicted octanol–water partition coefficient (Wildman–Crippen LogP) is 3.31. The molecule has 1 heterocycles. The molecule has 4 nitrogen and oxygen atoms in total. The van der Waals surface area contributed by atoms with Crippen molar-refractivity contribution in [2.24, 2.45) is 0 Å². The van der Waals surface area contributed by atoms with E-state index in [0.29, 0.717) is 15.7 Å². The summed E-state index contributed by atoms with van der Waals surface area (Å²) in [5.41, 5.74) is 1.49. The Kier molecular flexibility index (Phi) is 6.19. The Morgan fingerprint density at radius 2 is 1.73 bits per heavy atom. The van der Waals surface area contributed by atoms with Gasteiger partial charge in [0.25, 0.3) is 5.91 Å². The molecule has 0 saturated carbocycles. The summed E-state index contributed by atoms with van der Waals surface area (Å²) in [6.45, 7) is 3.86. The molecule has 2 aromatic rings. The molecule has 1 amide bonds. The van der Waals surface area contributed by atoms with Gasteiger partial charge >= 0.3 is 0 Å². The predicted molar refractivity (Wildman–Crippen MR) is 105 cm³/mol. The Labute approximate surface area is 162 Å². The number of thiocarbonyl (C=S) groups is 1. The van der Waals surface area contributed by atoms with Crippen molar-refractivity contribution in [2.75, 3.05) is 26.2 Å². The largest absolute Gasteiger partial charge is 0.346 e. The fraction of sp³-hybridized carbons (Fsp3) is 0.263. The van der Waals surface area contributed by atoms with E-state index < -0.39 is 0 Å². The van der Waals surface area contributed by atoms with Gasteiger partial charge in [-0.3, -0.25) is 15.0 Å². The lowest BCUT2D eigenvalue weighted by molar-refractivity contribution is 0.0969. The van der Waals surface area contributed by atoms with Crippen LogP contribution in [-0.2, 0) is 6.54 Å². The number of nitrogens with zero attached hydrogens (tertiary/aromatic N) is 2. The third kappa shape index (κ3) is 4.78. The molecule has 0 aromatic heterocycles. The summed E-state index contributed by atoms with van der Waals surface area (Å²) in [6, 6.07) is 13.4. The van der Waals surface area contributed by atoms with Crippen LogP contribution in [0.15, 0.2) is 48.5 Å². The van der Waals surface area contributed by atoms with Gasteiger partial charge in [-0.2, -0.15) is 0 Å². The Hall–Kier alpha value is -2.02. The summed E-state index contributed by atoms with van der Waals surface area (Å²) in [5, 5.41) is 3.56. The molecule has 1 fully saturated rings. The third-order valence-electron chi connectivity index (χ3n) is 4.32. The number of carbonyl (C=O) groups is 1. The number of benzene rings is 2. The van der Waals surface area contributed by atoms with Crippen LogP contribution in [0, 0.1) is 5.82 Å². The van der Waals surface area contributed by atoms with Crippen LogP contribution in [0.4, 0.5) is 4.39 Å². The molecule has 1 aliphatic rings. The van der Waals surface area contributed by atoms with Gasteiger partial charge < -0.3 is 4.90 Å². The number of nitrogens with one attached hydrogen (secondary N) is 1. The Morgan fingerprint density at radius 3 is 2.38 bits per heavy atom. The van der Waals surface area contributed by atoms with E-state index >= 15 is 0 Å². The molecule has 0 spiro atoms. The van der Waals surface area contributed by atoms with Crippen molar-refractivity contribution in [2.45, 2.75) is 6.54 Å². The van der Waals surface area contributed by atoms with E-state index in [4.69, 9.17) is 23.8 Å². The zero-order valence-electron chi connectivity index (χ0n) is 14.1. The van der Waals surface area contributed by atoms with Crippen LogP contribution >= 0.6 is 23.8 Å².